The van der Waals surface area contributed by atoms with Gasteiger partial charge in [0.15, 0.2) is 0 Å². The zero-order valence-electron chi connectivity index (χ0n) is 14.9. The minimum atomic E-state index is -0.0830. The minimum Gasteiger partial charge on any atom is -0.367 e. The van der Waals surface area contributed by atoms with E-state index in [0.29, 0.717) is 6.04 Å². The molecule has 1 N–H and O–H groups in total. The van der Waals surface area contributed by atoms with Gasteiger partial charge in [0.05, 0.1) is 0 Å². The van der Waals surface area contributed by atoms with Crippen molar-refractivity contribution >= 4 is 22.4 Å². The average molecular weight is 349 g/mol. The zero-order valence-corrected chi connectivity index (χ0v) is 14.9. The first-order valence-electron chi connectivity index (χ1n) is 9.11. The highest BCUT2D eigenvalue weighted by Gasteiger charge is 2.24. The lowest BCUT2D eigenvalue weighted by molar-refractivity contribution is 0.464. The second-order valence-corrected chi connectivity index (χ2v) is 6.76. The lowest BCUT2D eigenvalue weighted by Crippen LogP contribution is -2.45. The Hall–Kier alpha value is -2.89. The van der Waals surface area contributed by atoms with E-state index in [1.54, 1.807) is 13.1 Å². The van der Waals surface area contributed by atoms with Crippen LogP contribution < -0.4 is 15.8 Å². The number of aryl methyl sites for hydroxylation is 1. The Bertz CT molecular complexity index is 962. The number of nitrogens with zero attached hydrogens (tertiary/aromatic N) is 4. The smallest absolute Gasteiger partial charge is 0.266 e. The summed E-state index contributed by atoms with van der Waals surface area (Å²) in [5, 5.41) is 10.3. The SMILES string of the molecule is Cn1nc(N2CCCCC2CNc2nccc3ccccc23)ccc1=O. The van der Waals surface area contributed by atoms with Crippen LogP contribution in [0, 0.1) is 0 Å². The van der Waals surface area contributed by atoms with Crippen LogP contribution in [0.15, 0.2) is 53.5 Å². The van der Waals surface area contributed by atoms with Gasteiger partial charge in [-0.3, -0.25) is 4.79 Å². The van der Waals surface area contributed by atoms with Gasteiger partial charge in [-0.05, 0) is 36.8 Å². The quantitative estimate of drug-likeness (QED) is 0.785. The molecule has 3 heterocycles. The molecule has 1 fully saturated rings. The molecular formula is C20H23N5O. The van der Waals surface area contributed by atoms with Crippen molar-refractivity contribution in [2.45, 2.75) is 25.3 Å². The number of fused-ring (bicyclic) bond motifs is 1. The molecule has 6 heteroatoms. The van der Waals surface area contributed by atoms with Gasteiger partial charge in [0, 0.05) is 43.8 Å². The summed E-state index contributed by atoms with van der Waals surface area (Å²) in [6.45, 7) is 1.76. The van der Waals surface area contributed by atoms with Crippen LogP contribution in [0.25, 0.3) is 10.8 Å². The average Bonchev–Trinajstić information content (AvgIpc) is 2.69. The van der Waals surface area contributed by atoms with Crippen LogP contribution in [0.3, 0.4) is 0 Å². The third-order valence-electron chi connectivity index (χ3n) is 5.05. The van der Waals surface area contributed by atoms with Gasteiger partial charge in [0.1, 0.15) is 11.6 Å². The Balaban J connectivity index is 1.55. The molecule has 0 saturated carbocycles. The number of hydrogen-bond acceptors (Lipinski definition) is 5. The van der Waals surface area contributed by atoms with Crippen molar-refractivity contribution in [3.05, 3.63) is 59.0 Å². The topological polar surface area (TPSA) is 63.1 Å². The predicted molar refractivity (Wildman–Crippen MR) is 105 cm³/mol. The van der Waals surface area contributed by atoms with Crippen LogP contribution in [0.5, 0.6) is 0 Å². The summed E-state index contributed by atoms with van der Waals surface area (Å²) >= 11 is 0. The van der Waals surface area contributed by atoms with Crippen molar-refractivity contribution in [3.8, 4) is 0 Å². The van der Waals surface area contributed by atoms with E-state index in [4.69, 9.17) is 0 Å². The molecule has 1 aromatic carbocycles. The molecule has 1 atom stereocenters. The molecule has 0 spiro atoms. The largest absolute Gasteiger partial charge is 0.367 e. The van der Waals surface area contributed by atoms with E-state index in [-0.39, 0.29) is 5.56 Å². The lowest BCUT2D eigenvalue weighted by Gasteiger charge is -2.36. The molecule has 3 aromatic rings. The summed E-state index contributed by atoms with van der Waals surface area (Å²) in [5.41, 5.74) is -0.0830. The molecule has 1 aliphatic heterocycles. The van der Waals surface area contributed by atoms with Gasteiger partial charge in [-0.25, -0.2) is 9.67 Å². The van der Waals surface area contributed by atoms with E-state index in [1.165, 1.54) is 16.5 Å². The van der Waals surface area contributed by atoms with Gasteiger partial charge in [-0.1, -0.05) is 24.3 Å². The van der Waals surface area contributed by atoms with E-state index in [1.807, 2.05) is 30.5 Å². The van der Waals surface area contributed by atoms with Crippen LogP contribution >= 0.6 is 0 Å². The van der Waals surface area contributed by atoms with Gasteiger partial charge in [0.2, 0.25) is 0 Å². The normalized spacial score (nSPS) is 17.4. The fourth-order valence-electron chi connectivity index (χ4n) is 3.63. The van der Waals surface area contributed by atoms with E-state index < -0.39 is 0 Å². The molecule has 0 aliphatic carbocycles. The Kier molecular flexibility index (Phi) is 4.56. The summed E-state index contributed by atoms with van der Waals surface area (Å²) in [7, 11) is 1.70. The van der Waals surface area contributed by atoms with Crippen LogP contribution in [-0.2, 0) is 7.05 Å². The summed E-state index contributed by atoms with van der Waals surface area (Å²) in [4.78, 5) is 18.5. The minimum absolute atomic E-state index is 0.0830. The number of piperidine rings is 1. The van der Waals surface area contributed by atoms with Crippen molar-refractivity contribution in [1.29, 1.82) is 0 Å². The summed E-state index contributed by atoms with van der Waals surface area (Å²) in [6, 6.07) is 14.1. The maximum absolute atomic E-state index is 11.6. The molecule has 0 radical (unpaired) electrons. The van der Waals surface area contributed by atoms with Gasteiger partial charge >= 0.3 is 0 Å². The van der Waals surface area contributed by atoms with Gasteiger partial charge in [-0.2, -0.15) is 5.10 Å². The van der Waals surface area contributed by atoms with Crippen LogP contribution in [-0.4, -0.2) is 33.9 Å². The second kappa shape index (κ2) is 7.15. The molecule has 1 saturated heterocycles. The Labute approximate surface area is 152 Å². The van der Waals surface area contributed by atoms with Gasteiger partial charge in [0.25, 0.3) is 5.56 Å². The number of pyridine rings is 1. The van der Waals surface area contributed by atoms with Crippen molar-refractivity contribution < 1.29 is 0 Å². The summed E-state index contributed by atoms with van der Waals surface area (Å²) in [5.74, 6) is 1.78. The number of anilines is 2. The maximum Gasteiger partial charge on any atom is 0.266 e. The second-order valence-electron chi connectivity index (χ2n) is 6.76. The van der Waals surface area contributed by atoms with Crippen LogP contribution in [0.2, 0.25) is 0 Å². The molecule has 2 aromatic heterocycles. The van der Waals surface area contributed by atoms with E-state index in [9.17, 15) is 4.79 Å². The highest BCUT2D eigenvalue weighted by Crippen LogP contribution is 2.24. The molecule has 1 unspecified atom stereocenters. The predicted octanol–water partition coefficient (Wildman–Crippen LogP) is 2.80. The Morgan fingerprint density at radius 2 is 2.04 bits per heavy atom. The first-order valence-corrected chi connectivity index (χ1v) is 9.11. The third kappa shape index (κ3) is 3.27. The highest BCUT2D eigenvalue weighted by molar-refractivity contribution is 5.91. The van der Waals surface area contributed by atoms with E-state index >= 15 is 0 Å². The third-order valence-corrected chi connectivity index (χ3v) is 5.05. The fourth-order valence-corrected chi connectivity index (χ4v) is 3.63. The van der Waals surface area contributed by atoms with Crippen LogP contribution in [0.4, 0.5) is 11.6 Å². The fraction of sp³-hybridized carbons (Fsp3) is 0.350. The zero-order chi connectivity index (χ0) is 17.9. The van der Waals surface area contributed by atoms with Crippen molar-refractivity contribution in [2.24, 2.45) is 7.05 Å². The molecule has 6 nitrogen and oxygen atoms in total. The maximum atomic E-state index is 11.6. The molecule has 26 heavy (non-hydrogen) atoms. The van der Waals surface area contributed by atoms with Gasteiger partial charge < -0.3 is 10.2 Å². The summed E-state index contributed by atoms with van der Waals surface area (Å²) in [6.07, 6.45) is 5.30. The molecule has 134 valence electrons. The van der Waals surface area contributed by atoms with Crippen molar-refractivity contribution in [1.82, 2.24) is 14.8 Å². The lowest BCUT2D eigenvalue weighted by atomic mass is 10.0. The summed E-state index contributed by atoms with van der Waals surface area (Å²) < 4.78 is 1.40. The number of aromatic nitrogens is 3. The molecule has 1 aliphatic rings. The van der Waals surface area contributed by atoms with Crippen molar-refractivity contribution in [2.75, 3.05) is 23.3 Å². The van der Waals surface area contributed by atoms with Crippen LogP contribution in [0.1, 0.15) is 19.3 Å². The molecular weight excluding hydrogens is 326 g/mol. The van der Waals surface area contributed by atoms with Crippen molar-refractivity contribution in [3.63, 3.8) is 0 Å². The Morgan fingerprint density at radius 3 is 2.92 bits per heavy atom. The molecule has 0 bridgehead atoms. The highest BCUT2D eigenvalue weighted by atomic mass is 16.1. The first kappa shape index (κ1) is 16.6. The molecule has 4 rings (SSSR count). The van der Waals surface area contributed by atoms with E-state index in [2.05, 4.69) is 32.4 Å². The first-order chi connectivity index (χ1) is 12.7. The number of nitrogens with one attached hydrogen (secondary N) is 1. The standard InChI is InChI=1S/C20H23N5O/c1-24-19(26)10-9-18(23-24)25-13-5-4-7-16(25)14-22-20-17-8-3-2-6-15(17)11-12-21-20/h2-3,6,8-12,16H,4-5,7,13-14H2,1H3,(H,21,22). The Morgan fingerprint density at radius 1 is 1.15 bits per heavy atom. The number of benzene rings is 1. The van der Waals surface area contributed by atoms with E-state index in [0.717, 1.165) is 43.0 Å². The monoisotopic (exact) mass is 349 g/mol. The number of rotatable bonds is 4. The number of hydrogen-bond donors (Lipinski definition) is 1. The molecule has 0 amide bonds. The van der Waals surface area contributed by atoms with Gasteiger partial charge in [-0.15, -0.1) is 0 Å².